The van der Waals surface area contributed by atoms with Gasteiger partial charge in [0.15, 0.2) is 5.65 Å². The zero-order valence-corrected chi connectivity index (χ0v) is 17.1. The van der Waals surface area contributed by atoms with Gasteiger partial charge in [-0.25, -0.2) is 9.50 Å². The lowest BCUT2D eigenvalue weighted by molar-refractivity contribution is -0.274. The highest BCUT2D eigenvalue weighted by molar-refractivity contribution is 5.97. The SMILES string of the molecule is COc1ncc(-c2ccn3nc(N)nc3c2)cc1C(=O)NCc1ccccc1OC(F)(F)F. The van der Waals surface area contributed by atoms with Crippen molar-refractivity contribution in [2.24, 2.45) is 0 Å². The maximum atomic E-state index is 12.9. The Hall–Kier alpha value is -4.35. The first kappa shape index (κ1) is 21.9. The Morgan fingerprint density at radius 2 is 1.97 bits per heavy atom. The molecule has 0 spiro atoms. The number of para-hydroxylation sites is 1. The van der Waals surface area contributed by atoms with E-state index < -0.39 is 18.0 Å². The molecule has 4 rings (SSSR count). The Bertz CT molecular complexity index is 1320. The second kappa shape index (κ2) is 8.65. The number of carbonyl (C=O) groups is 1. The van der Waals surface area contributed by atoms with Crippen LogP contribution in [0.25, 0.3) is 16.8 Å². The lowest BCUT2D eigenvalue weighted by Gasteiger charge is -2.14. The quantitative estimate of drug-likeness (QED) is 0.456. The molecule has 0 saturated carbocycles. The molecule has 0 atom stereocenters. The Morgan fingerprint density at radius 3 is 2.73 bits per heavy atom. The molecule has 0 aliphatic carbocycles. The molecular weight excluding hydrogens is 441 g/mol. The highest BCUT2D eigenvalue weighted by Gasteiger charge is 2.32. The molecule has 1 amide bonds. The molecule has 4 aromatic rings. The Labute approximate surface area is 185 Å². The van der Waals surface area contributed by atoms with Gasteiger partial charge in [-0.3, -0.25) is 4.79 Å². The minimum absolute atomic E-state index is 0.0591. The molecule has 0 aliphatic rings. The van der Waals surface area contributed by atoms with E-state index in [-0.39, 0.29) is 29.5 Å². The average molecular weight is 458 g/mol. The molecule has 33 heavy (non-hydrogen) atoms. The van der Waals surface area contributed by atoms with Gasteiger partial charge >= 0.3 is 6.36 Å². The van der Waals surface area contributed by atoms with Gasteiger partial charge in [-0.05, 0) is 29.8 Å². The highest BCUT2D eigenvalue weighted by atomic mass is 19.4. The molecule has 12 heteroatoms. The summed E-state index contributed by atoms with van der Waals surface area (Å²) >= 11 is 0. The van der Waals surface area contributed by atoms with Gasteiger partial charge in [-0.15, -0.1) is 18.3 Å². The Morgan fingerprint density at radius 1 is 1.18 bits per heavy atom. The van der Waals surface area contributed by atoms with E-state index in [1.54, 1.807) is 30.5 Å². The smallest absolute Gasteiger partial charge is 0.480 e. The van der Waals surface area contributed by atoms with Crippen molar-refractivity contribution < 1.29 is 27.4 Å². The van der Waals surface area contributed by atoms with E-state index in [1.807, 2.05) is 0 Å². The molecule has 170 valence electrons. The second-order valence-electron chi connectivity index (χ2n) is 6.81. The molecule has 3 heterocycles. The zero-order chi connectivity index (χ0) is 23.6. The number of amides is 1. The van der Waals surface area contributed by atoms with Crippen LogP contribution in [-0.2, 0) is 6.54 Å². The summed E-state index contributed by atoms with van der Waals surface area (Å²) in [5.41, 5.74) is 7.66. The van der Waals surface area contributed by atoms with Crippen LogP contribution in [0.3, 0.4) is 0 Å². The maximum Gasteiger partial charge on any atom is 0.573 e. The molecule has 3 N–H and O–H groups in total. The van der Waals surface area contributed by atoms with E-state index in [9.17, 15) is 18.0 Å². The molecule has 9 nitrogen and oxygen atoms in total. The first-order valence-corrected chi connectivity index (χ1v) is 9.51. The van der Waals surface area contributed by atoms with Gasteiger partial charge in [0.2, 0.25) is 11.8 Å². The van der Waals surface area contributed by atoms with Crippen molar-refractivity contribution in [3.63, 3.8) is 0 Å². The van der Waals surface area contributed by atoms with Crippen LogP contribution in [0.1, 0.15) is 15.9 Å². The number of nitrogens with zero attached hydrogens (tertiary/aromatic N) is 4. The van der Waals surface area contributed by atoms with Crippen molar-refractivity contribution in [2.45, 2.75) is 12.9 Å². The fourth-order valence-electron chi connectivity index (χ4n) is 3.16. The van der Waals surface area contributed by atoms with E-state index in [0.29, 0.717) is 16.8 Å². The molecule has 0 aliphatic heterocycles. The van der Waals surface area contributed by atoms with E-state index in [2.05, 4.69) is 25.1 Å². The summed E-state index contributed by atoms with van der Waals surface area (Å²) in [6.45, 7) is -0.205. The fourth-order valence-corrected chi connectivity index (χ4v) is 3.16. The fraction of sp³-hybridized carbons (Fsp3) is 0.143. The van der Waals surface area contributed by atoms with Crippen LogP contribution in [0.15, 0.2) is 54.9 Å². The molecule has 0 unspecified atom stereocenters. The molecule has 0 radical (unpaired) electrons. The molecule has 1 aromatic carbocycles. The second-order valence-corrected chi connectivity index (χ2v) is 6.81. The van der Waals surface area contributed by atoms with Crippen molar-refractivity contribution in [1.82, 2.24) is 24.9 Å². The lowest BCUT2D eigenvalue weighted by Crippen LogP contribution is -2.25. The summed E-state index contributed by atoms with van der Waals surface area (Å²) in [5.74, 6) is -0.806. The van der Waals surface area contributed by atoms with Crippen molar-refractivity contribution in [1.29, 1.82) is 0 Å². The summed E-state index contributed by atoms with van der Waals surface area (Å²) in [7, 11) is 1.36. The van der Waals surface area contributed by atoms with E-state index in [4.69, 9.17) is 10.5 Å². The number of aromatic nitrogens is 4. The number of halogens is 3. The molecule has 0 fully saturated rings. The number of nitrogens with one attached hydrogen (secondary N) is 1. The van der Waals surface area contributed by atoms with E-state index >= 15 is 0 Å². The minimum atomic E-state index is -4.85. The van der Waals surface area contributed by atoms with Crippen molar-refractivity contribution >= 4 is 17.5 Å². The number of ether oxygens (including phenoxy) is 2. The van der Waals surface area contributed by atoms with Crippen LogP contribution >= 0.6 is 0 Å². The van der Waals surface area contributed by atoms with E-state index in [1.165, 1.54) is 36.0 Å². The predicted octanol–water partition coefficient (Wildman–Crippen LogP) is 3.21. The summed E-state index contributed by atoms with van der Waals surface area (Å²) in [4.78, 5) is 21.1. The average Bonchev–Trinajstić information content (AvgIpc) is 3.16. The third-order valence-corrected chi connectivity index (χ3v) is 4.61. The monoisotopic (exact) mass is 458 g/mol. The van der Waals surface area contributed by atoms with Crippen LogP contribution in [0.2, 0.25) is 0 Å². The summed E-state index contributed by atoms with van der Waals surface area (Å²) in [5, 5.41) is 6.58. The number of pyridine rings is 2. The summed E-state index contributed by atoms with van der Waals surface area (Å²) < 4.78 is 48.6. The Balaban J connectivity index is 1.59. The summed E-state index contributed by atoms with van der Waals surface area (Å²) in [6, 6.07) is 10.6. The minimum Gasteiger partial charge on any atom is -0.480 e. The number of hydrogen-bond acceptors (Lipinski definition) is 7. The largest absolute Gasteiger partial charge is 0.573 e. The van der Waals surface area contributed by atoms with Crippen molar-refractivity contribution in [3.8, 4) is 22.8 Å². The lowest BCUT2D eigenvalue weighted by atomic mass is 10.1. The van der Waals surface area contributed by atoms with Crippen LogP contribution in [0, 0.1) is 0 Å². The molecule has 0 saturated heterocycles. The number of nitrogen functional groups attached to an aromatic ring is 1. The van der Waals surface area contributed by atoms with Gasteiger partial charge in [-0.1, -0.05) is 18.2 Å². The number of rotatable bonds is 6. The number of carbonyl (C=O) groups excluding carboxylic acids is 1. The van der Waals surface area contributed by atoms with Crippen LogP contribution in [-0.4, -0.2) is 39.0 Å². The Kier molecular flexibility index (Phi) is 5.73. The molecule has 0 bridgehead atoms. The standard InChI is InChI=1S/C21H17F3N6O3/c1-32-19-15(18(31)26-10-13-4-2-3-5-16(13)33-21(22,23)24)8-14(11-27-19)12-6-7-30-17(9-12)28-20(25)29-30/h2-9,11H,10H2,1H3,(H2,25,29)(H,26,31). The maximum absolute atomic E-state index is 12.9. The predicted molar refractivity (Wildman–Crippen MR) is 111 cm³/mol. The number of alkyl halides is 3. The molecular formula is C21H17F3N6O3. The van der Waals surface area contributed by atoms with Gasteiger partial charge in [0.1, 0.15) is 11.3 Å². The van der Waals surface area contributed by atoms with Gasteiger partial charge in [0.25, 0.3) is 5.91 Å². The van der Waals surface area contributed by atoms with Gasteiger partial charge in [0, 0.05) is 30.1 Å². The third-order valence-electron chi connectivity index (χ3n) is 4.61. The van der Waals surface area contributed by atoms with Crippen LogP contribution in [0.4, 0.5) is 19.1 Å². The van der Waals surface area contributed by atoms with Gasteiger partial charge in [0.05, 0.1) is 7.11 Å². The molecule has 3 aromatic heterocycles. The van der Waals surface area contributed by atoms with E-state index in [0.717, 1.165) is 0 Å². The highest BCUT2D eigenvalue weighted by Crippen LogP contribution is 2.27. The summed E-state index contributed by atoms with van der Waals surface area (Å²) in [6.07, 6.45) is -1.67. The first-order chi connectivity index (χ1) is 15.7. The first-order valence-electron chi connectivity index (χ1n) is 9.51. The van der Waals surface area contributed by atoms with Crippen LogP contribution in [0.5, 0.6) is 11.6 Å². The van der Waals surface area contributed by atoms with Crippen LogP contribution < -0.4 is 20.5 Å². The number of fused-ring (bicyclic) bond motifs is 1. The number of anilines is 1. The number of hydrogen-bond donors (Lipinski definition) is 2. The van der Waals surface area contributed by atoms with Crippen molar-refractivity contribution in [2.75, 3.05) is 12.8 Å². The van der Waals surface area contributed by atoms with Crippen molar-refractivity contribution in [3.05, 3.63) is 66.0 Å². The zero-order valence-electron chi connectivity index (χ0n) is 17.1. The number of benzene rings is 1. The van der Waals surface area contributed by atoms with Gasteiger partial charge in [-0.2, -0.15) is 4.98 Å². The number of methoxy groups -OCH3 is 1. The number of nitrogens with two attached hydrogens (primary N) is 1. The van der Waals surface area contributed by atoms with Gasteiger partial charge < -0.3 is 20.5 Å². The topological polar surface area (TPSA) is 117 Å². The third kappa shape index (κ3) is 4.95. The normalized spacial score (nSPS) is 11.4.